The van der Waals surface area contributed by atoms with Crippen molar-refractivity contribution >= 4 is 0 Å². The molecule has 0 nitrogen and oxygen atoms in total. The molecule has 0 spiro atoms. The van der Waals surface area contributed by atoms with Crippen molar-refractivity contribution in [1.82, 2.24) is 0 Å². The van der Waals surface area contributed by atoms with Crippen molar-refractivity contribution in [3.63, 3.8) is 0 Å². The van der Waals surface area contributed by atoms with Gasteiger partial charge in [0.1, 0.15) is 0 Å². The summed E-state index contributed by atoms with van der Waals surface area (Å²) in [4.78, 5) is 0. The molecule has 0 heterocycles. The Morgan fingerprint density at radius 2 is 2.10 bits per heavy atom. The van der Waals surface area contributed by atoms with Crippen molar-refractivity contribution in [3.8, 4) is 0 Å². The molecule has 0 N–H and O–H groups in total. The van der Waals surface area contributed by atoms with Gasteiger partial charge in [0.2, 0.25) is 0 Å². The molecule has 0 aromatic heterocycles. The van der Waals surface area contributed by atoms with E-state index >= 15 is 0 Å². The molecule has 1 aliphatic carbocycles. The van der Waals surface area contributed by atoms with Gasteiger partial charge in [-0.2, -0.15) is 0 Å². The van der Waals surface area contributed by atoms with E-state index in [-0.39, 0.29) is 0 Å². The predicted octanol–water partition coefficient (Wildman–Crippen LogP) is 3.12. The third-order valence-corrected chi connectivity index (χ3v) is 1.89. The van der Waals surface area contributed by atoms with Gasteiger partial charge in [0.05, 0.1) is 0 Å². The zero-order chi connectivity index (χ0) is 7.56. The number of hydrogen-bond acceptors (Lipinski definition) is 0. The molecule has 1 rings (SSSR count). The van der Waals surface area contributed by atoms with Crippen LogP contribution in [0.15, 0.2) is 23.8 Å². The van der Waals surface area contributed by atoms with E-state index < -0.39 is 0 Å². The first-order chi connectivity index (χ1) is 4.70. The SMILES string of the molecule is CC1=C[C](C(C)C)CC=C1. The van der Waals surface area contributed by atoms with Crippen LogP contribution < -0.4 is 0 Å². The van der Waals surface area contributed by atoms with Crippen LogP contribution in [0.4, 0.5) is 0 Å². The first kappa shape index (κ1) is 7.59. The Bertz CT molecular complexity index is 161. The zero-order valence-corrected chi connectivity index (χ0v) is 7.02. The Hall–Kier alpha value is -0.520. The minimum Gasteiger partial charge on any atom is -0.0834 e. The lowest BCUT2D eigenvalue weighted by Crippen LogP contribution is -2.04. The lowest BCUT2D eigenvalue weighted by Gasteiger charge is -2.17. The van der Waals surface area contributed by atoms with Crippen LogP contribution in [0, 0.1) is 11.8 Å². The van der Waals surface area contributed by atoms with Crippen LogP contribution in [-0.4, -0.2) is 0 Å². The molecule has 0 saturated carbocycles. The highest BCUT2D eigenvalue weighted by Crippen LogP contribution is 2.25. The minimum absolute atomic E-state index is 0.708. The molecular formula is C10H15. The van der Waals surface area contributed by atoms with Crippen LogP contribution in [0.5, 0.6) is 0 Å². The highest BCUT2D eigenvalue weighted by atomic mass is 14.2. The van der Waals surface area contributed by atoms with Gasteiger partial charge in [-0.3, -0.25) is 0 Å². The molecule has 0 aliphatic heterocycles. The van der Waals surface area contributed by atoms with E-state index in [0.717, 1.165) is 6.42 Å². The lowest BCUT2D eigenvalue weighted by atomic mass is 9.88. The molecular weight excluding hydrogens is 120 g/mol. The third kappa shape index (κ3) is 1.73. The van der Waals surface area contributed by atoms with Crippen LogP contribution in [0.1, 0.15) is 27.2 Å². The third-order valence-electron chi connectivity index (χ3n) is 1.89. The summed E-state index contributed by atoms with van der Waals surface area (Å²) in [5.41, 5.74) is 1.38. The number of rotatable bonds is 1. The summed E-state index contributed by atoms with van der Waals surface area (Å²) in [5, 5.41) is 0. The molecule has 0 saturated heterocycles. The fourth-order valence-electron chi connectivity index (χ4n) is 1.18. The molecule has 55 valence electrons. The lowest BCUT2D eigenvalue weighted by molar-refractivity contribution is 0.669. The van der Waals surface area contributed by atoms with Gasteiger partial charge in [-0.25, -0.2) is 0 Å². The van der Waals surface area contributed by atoms with E-state index in [2.05, 4.69) is 39.0 Å². The van der Waals surface area contributed by atoms with Gasteiger partial charge >= 0.3 is 0 Å². The Labute approximate surface area is 63.6 Å². The van der Waals surface area contributed by atoms with Crippen molar-refractivity contribution in [3.05, 3.63) is 29.7 Å². The summed E-state index contributed by atoms with van der Waals surface area (Å²) in [6.45, 7) is 6.65. The maximum atomic E-state index is 2.30. The smallest absolute Gasteiger partial charge is 0.00415 e. The predicted molar refractivity (Wildman–Crippen MR) is 45.6 cm³/mol. The molecule has 0 amide bonds. The molecule has 1 radical (unpaired) electrons. The van der Waals surface area contributed by atoms with E-state index in [4.69, 9.17) is 0 Å². The highest BCUT2D eigenvalue weighted by Gasteiger charge is 2.11. The van der Waals surface area contributed by atoms with Crippen molar-refractivity contribution in [2.24, 2.45) is 5.92 Å². The Morgan fingerprint density at radius 3 is 2.50 bits per heavy atom. The molecule has 0 aromatic carbocycles. The molecule has 0 fully saturated rings. The average Bonchev–Trinajstić information content (AvgIpc) is 1.88. The van der Waals surface area contributed by atoms with Crippen LogP contribution in [0.3, 0.4) is 0 Å². The quantitative estimate of drug-likeness (QED) is 0.518. The van der Waals surface area contributed by atoms with E-state index in [9.17, 15) is 0 Å². The Morgan fingerprint density at radius 1 is 1.40 bits per heavy atom. The van der Waals surface area contributed by atoms with Gasteiger partial charge in [0.25, 0.3) is 0 Å². The van der Waals surface area contributed by atoms with E-state index in [1.165, 1.54) is 5.57 Å². The van der Waals surface area contributed by atoms with Crippen LogP contribution in [0.25, 0.3) is 0 Å². The second-order valence-electron chi connectivity index (χ2n) is 3.22. The summed E-state index contributed by atoms with van der Waals surface area (Å²) in [5.74, 6) is 2.26. The van der Waals surface area contributed by atoms with E-state index in [0.29, 0.717) is 5.92 Å². The second kappa shape index (κ2) is 3.05. The molecule has 1 aliphatic rings. The molecule has 10 heavy (non-hydrogen) atoms. The molecule has 0 unspecified atom stereocenters. The van der Waals surface area contributed by atoms with Crippen LogP contribution in [-0.2, 0) is 0 Å². The first-order valence-electron chi connectivity index (χ1n) is 3.90. The summed E-state index contributed by atoms with van der Waals surface area (Å²) < 4.78 is 0. The van der Waals surface area contributed by atoms with Gasteiger partial charge in [-0.05, 0) is 19.3 Å². The maximum Gasteiger partial charge on any atom is 0.00415 e. The van der Waals surface area contributed by atoms with Gasteiger partial charge in [0.15, 0.2) is 0 Å². The largest absolute Gasteiger partial charge is 0.0834 e. The molecule has 0 atom stereocenters. The summed E-state index contributed by atoms with van der Waals surface area (Å²) in [6, 6.07) is 0. The van der Waals surface area contributed by atoms with Crippen LogP contribution >= 0.6 is 0 Å². The topological polar surface area (TPSA) is 0 Å². The summed E-state index contributed by atoms with van der Waals surface area (Å²) in [6.07, 6.45) is 7.87. The van der Waals surface area contributed by atoms with Crippen molar-refractivity contribution < 1.29 is 0 Å². The van der Waals surface area contributed by atoms with Crippen molar-refractivity contribution in [2.75, 3.05) is 0 Å². The van der Waals surface area contributed by atoms with Gasteiger partial charge in [-0.1, -0.05) is 37.6 Å². The van der Waals surface area contributed by atoms with Crippen LogP contribution in [0.2, 0.25) is 0 Å². The zero-order valence-electron chi connectivity index (χ0n) is 7.02. The fourth-order valence-corrected chi connectivity index (χ4v) is 1.18. The Kier molecular flexibility index (Phi) is 2.31. The van der Waals surface area contributed by atoms with Gasteiger partial charge in [-0.15, -0.1) is 0 Å². The number of allylic oxidation sites excluding steroid dienone is 4. The molecule has 0 heteroatoms. The summed E-state index contributed by atoms with van der Waals surface area (Å²) in [7, 11) is 0. The molecule has 0 aromatic rings. The van der Waals surface area contributed by atoms with E-state index in [1.54, 1.807) is 5.92 Å². The summed E-state index contributed by atoms with van der Waals surface area (Å²) >= 11 is 0. The standard InChI is InChI=1S/C10H15/c1-8(2)10-6-4-5-9(3)7-10/h4-5,7-8H,6H2,1-3H3. The van der Waals surface area contributed by atoms with Crippen molar-refractivity contribution in [2.45, 2.75) is 27.2 Å². The second-order valence-corrected chi connectivity index (χ2v) is 3.22. The highest BCUT2D eigenvalue weighted by molar-refractivity contribution is 5.31. The number of hydrogen-bond donors (Lipinski definition) is 0. The normalized spacial score (nSPS) is 19.8. The molecule has 0 bridgehead atoms. The minimum atomic E-state index is 0.708. The monoisotopic (exact) mass is 135 g/mol. The maximum absolute atomic E-state index is 2.30. The van der Waals surface area contributed by atoms with E-state index in [1.807, 2.05) is 0 Å². The first-order valence-corrected chi connectivity index (χ1v) is 3.90. The van der Waals surface area contributed by atoms with Gasteiger partial charge < -0.3 is 0 Å². The van der Waals surface area contributed by atoms with Crippen molar-refractivity contribution in [1.29, 1.82) is 0 Å². The average molecular weight is 135 g/mol. The Balaban J connectivity index is 2.60. The fraction of sp³-hybridized carbons (Fsp3) is 0.500. The van der Waals surface area contributed by atoms with Gasteiger partial charge in [0, 0.05) is 5.92 Å².